The molecule has 5 heteroatoms. The van der Waals surface area contributed by atoms with Gasteiger partial charge in [-0.15, -0.1) is 0 Å². The maximum Gasteiger partial charge on any atom is 0.340 e. The summed E-state index contributed by atoms with van der Waals surface area (Å²) in [6, 6.07) is 17.4. The molecule has 1 atom stereocenters. The molecular weight excluding hydrogens is 398 g/mol. The van der Waals surface area contributed by atoms with E-state index in [2.05, 4.69) is 24.8 Å². The SMILES string of the molecule is CCN(CC)c1ccc2c(c1)Oc1cc(C)c(Cl)cc1[C@@]21OC(=O)c2ccccc21. The van der Waals surface area contributed by atoms with Crippen LogP contribution in [-0.2, 0) is 10.3 Å². The Morgan fingerprint density at radius 1 is 0.933 bits per heavy atom. The van der Waals surface area contributed by atoms with E-state index in [4.69, 9.17) is 21.1 Å². The number of nitrogens with zero attached hydrogens (tertiary/aromatic N) is 1. The number of hydrogen-bond donors (Lipinski definition) is 0. The summed E-state index contributed by atoms with van der Waals surface area (Å²) in [5.41, 5.74) is 3.85. The molecule has 0 unspecified atom stereocenters. The number of carbonyl (C=O) groups is 1. The van der Waals surface area contributed by atoms with Crippen molar-refractivity contribution in [3.05, 3.63) is 87.4 Å². The van der Waals surface area contributed by atoms with Gasteiger partial charge in [0.2, 0.25) is 0 Å². The molecule has 4 nitrogen and oxygen atoms in total. The minimum atomic E-state index is -1.07. The Labute approximate surface area is 181 Å². The Morgan fingerprint density at radius 3 is 2.43 bits per heavy atom. The normalized spacial score (nSPS) is 18.3. The second kappa shape index (κ2) is 6.78. The summed E-state index contributed by atoms with van der Waals surface area (Å²) in [6.07, 6.45) is 0. The minimum Gasteiger partial charge on any atom is -0.456 e. The van der Waals surface area contributed by atoms with E-state index < -0.39 is 5.60 Å². The monoisotopic (exact) mass is 419 g/mol. The van der Waals surface area contributed by atoms with Crippen LogP contribution in [0.15, 0.2) is 54.6 Å². The van der Waals surface area contributed by atoms with Crippen molar-refractivity contribution < 1.29 is 14.3 Å². The zero-order chi connectivity index (χ0) is 21.0. The van der Waals surface area contributed by atoms with Crippen LogP contribution in [0.1, 0.15) is 46.5 Å². The number of fused-ring (bicyclic) bond motifs is 6. The first kappa shape index (κ1) is 19.0. The van der Waals surface area contributed by atoms with E-state index in [0.29, 0.717) is 22.1 Å². The van der Waals surface area contributed by atoms with Crippen molar-refractivity contribution in [2.45, 2.75) is 26.4 Å². The van der Waals surface area contributed by atoms with Gasteiger partial charge >= 0.3 is 5.97 Å². The fraction of sp³-hybridized carbons (Fsp3) is 0.240. The maximum atomic E-state index is 12.9. The molecule has 2 aliphatic heterocycles. The van der Waals surface area contributed by atoms with Gasteiger partial charge in [-0.1, -0.05) is 29.8 Å². The largest absolute Gasteiger partial charge is 0.456 e. The van der Waals surface area contributed by atoms with E-state index in [1.807, 2.05) is 49.4 Å². The third-order valence-electron chi connectivity index (χ3n) is 6.11. The minimum absolute atomic E-state index is 0.339. The molecule has 0 aromatic heterocycles. The number of halogens is 1. The highest BCUT2D eigenvalue weighted by atomic mass is 35.5. The van der Waals surface area contributed by atoms with Crippen molar-refractivity contribution in [1.82, 2.24) is 0 Å². The molecule has 3 aromatic rings. The van der Waals surface area contributed by atoms with Gasteiger partial charge < -0.3 is 14.4 Å². The number of rotatable bonds is 3. The number of anilines is 1. The van der Waals surface area contributed by atoms with Gasteiger partial charge in [-0.3, -0.25) is 0 Å². The molecule has 0 aliphatic carbocycles. The number of carbonyl (C=O) groups excluding carboxylic acids is 1. The molecule has 1 spiro atoms. The average Bonchev–Trinajstić information content (AvgIpc) is 3.04. The van der Waals surface area contributed by atoms with Crippen LogP contribution in [-0.4, -0.2) is 19.1 Å². The lowest BCUT2D eigenvalue weighted by Crippen LogP contribution is -2.33. The van der Waals surface area contributed by atoms with Crippen LogP contribution in [0.2, 0.25) is 5.02 Å². The van der Waals surface area contributed by atoms with Crippen molar-refractivity contribution in [3.63, 3.8) is 0 Å². The molecule has 2 aliphatic rings. The first-order valence-corrected chi connectivity index (χ1v) is 10.6. The molecule has 0 radical (unpaired) electrons. The predicted octanol–water partition coefficient (Wildman–Crippen LogP) is 6.06. The van der Waals surface area contributed by atoms with Gasteiger partial charge in [0.25, 0.3) is 0 Å². The first-order valence-electron chi connectivity index (χ1n) is 10.2. The van der Waals surface area contributed by atoms with Crippen LogP contribution in [0.5, 0.6) is 11.5 Å². The van der Waals surface area contributed by atoms with Gasteiger partial charge in [0.15, 0.2) is 5.60 Å². The lowest BCUT2D eigenvalue weighted by atomic mass is 9.77. The fourth-order valence-electron chi connectivity index (χ4n) is 4.57. The molecule has 30 heavy (non-hydrogen) atoms. The average molecular weight is 420 g/mol. The van der Waals surface area contributed by atoms with E-state index in [9.17, 15) is 4.79 Å². The quantitative estimate of drug-likeness (QED) is 0.483. The summed E-state index contributed by atoms with van der Waals surface area (Å²) in [5.74, 6) is 1.01. The summed E-state index contributed by atoms with van der Waals surface area (Å²) < 4.78 is 12.5. The molecule has 5 rings (SSSR count). The zero-order valence-electron chi connectivity index (χ0n) is 17.2. The second-order valence-corrected chi connectivity index (χ2v) is 8.08. The van der Waals surface area contributed by atoms with Gasteiger partial charge in [-0.25, -0.2) is 4.79 Å². The molecule has 0 bridgehead atoms. The van der Waals surface area contributed by atoms with Gasteiger partial charge in [-0.2, -0.15) is 0 Å². The molecule has 152 valence electrons. The Bertz CT molecular complexity index is 1190. The molecule has 0 saturated carbocycles. The van der Waals surface area contributed by atoms with E-state index in [0.717, 1.165) is 41.0 Å². The number of aryl methyl sites for hydroxylation is 1. The molecule has 2 heterocycles. The summed E-state index contributed by atoms with van der Waals surface area (Å²) >= 11 is 6.50. The van der Waals surface area contributed by atoms with Crippen molar-refractivity contribution in [2.24, 2.45) is 0 Å². The topological polar surface area (TPSA) is 38.8 Å². The third kappa shape index (κ3) is 2.50. The number of ether oxygens (including phenoxy) is 2. The van der Waals surface area contributed by atoms with E-state index in [1.165, 1.54) is 0 Å². The molecule has 0 amide bonds. The van der Waals surface area contributed by atoms with Crippen LogP contribution in [0.4, 0.5) is 5.69 Å². The maximum absolute atomic E-state index is 12.9. The number of hydrogen-bond acceptors (Lipinski definition) is 4. The highest BCUT2D eigenvalue weighted by Gasteiger charge is 2.53. The Balaban J connectivity index is 1.82. The van der Waals surface area contributed by atoms with Gasteiger partial charge in [0.1, 0.15) is 11.5 Å². The van der Waals surface area contributed by atoms with Crippen molar-refractivity contribution >= 4 is 23.3 Å². The van der Waals surface area contributed by atoms with Crippen LogP contribution >= 0.6 is 11.6 Å². The number of esters is 1. The summed E-state index contributed by atoms with van der Waals surface area (Å²) in [5, 5.41) is 0.611. The van der Waals surface area contributed by atoms with Crippen LogP contribution < -0.4 is 9.64 Å². The summed E-state index contributed by atoms with van der Waals surface area (Å²) in [4.78, 5) is 15.1. The molecule has 0 saturated heterocycles. The summed E-state index contributed by atoms with van der Waals surface area (Å²) in [7, 11) is 0. The lowest BCUT2D eigenvalue weighted by Gasteiger charge is -2.37. The molecular formula is C25H22ClNO3. The van der Waals surface area contributed by atoms with Crippen LogP contribution in [0.3, 0.4) is 0 Å². The Hall–Kier alpha value is -2.98. The van der Waals surface area contributed by atoms with Crippen molar-refractivity contribution in [3.8, 4) is 11.5 Å². The van der Waals surface area contributed by atoms with E-state index in [-0.39, 0.29) is 5.97 Å². The predicted molar refractivity (Wildman–Crippen MR) is 118 cm³/mol. The van der Waals surface area contributed by atoms with Gasteiger partial charge in [0, 0.05) is 46.6 Å². The standard InChI is InChI=1S/C25H22ClNO3/c1-4-27(5-2)16-10-11-19-23(13-16)29-22-12-15(3)21(26)14-20(22)25(19)18-9-7-6-8-17(18)24(28)30-25/h6-14H,4-5H2,1-3H3/t25-/m0/s1. The van der Waals surface area contributed by atoms with E-state index in [1.54, 1.807) is 6.07 Å². The molecule has 0 N–H and O–H groups in total. The van der Waals surface area contributed by atoms with Gasteiger partial charge in [-0.05, 0) is 56.7 Å². The lowest BCUT2D eigenvalue weighted by molar-refractivity contribution is 0.0224. The second-order valence-electron chi connectivity index (χ2n) is 7.67. The van der Waals surface area contributed by atoms with E-state index >= 15 is 0 Å². The van der Waals surface area contributed by atoms with Crippen LogP contribution in [0.25, 0.3) is 0 Å². The Morgan fingerprint density at radius 2 is 1.67 bits per heavy atom. The number of benzene rings is 3. The van der Waals surface area contributed by atoms with Crippen molar-refractivity contribution in [2.75, 3.05) is 18.0 Å². The molecule has 0 fully saturated rings. The zero-order valence-corrected chi connectivity index (χ0v) is 17.9. The van der Waals surface area contributed by atoms with Gasteiger partial charge in [0.05, 0.1) is 5.56 Å². The Kier molecular flexibility index (Phi) is 4.30. The highest BCUT2D eigenvalue weighted by molar-refractivity contribution is 6.31. The van der Waals surface area contributed by atoms with Crippen LogP contribution in [0, 0.1) is 6.92 Å². The van der Waals surface area contributed by atoms with Crippen molar-refractivity contribution in [1.29, 1.82) is 0 Å². The summed E-state index contributed by atoms with van der Waals surface area (Å²) in [6.45, 7) is 7.98. The first-order chi connectivity index (χ1) is 14.5. The third-order valence-corrected chi connectivity index (χ3v) is 6.51. The smallest absolute Gasteiger partial charge is 0.340 e. The fourth-order valence-corrected chi connectivity index (χ4v) is 4.73. The molecule has 3 aromatic carbocycles. The highest BCUT2D eigenvalue weighted by Crippen LogP contribution is 2.57.